The van der Waals surface area contributed by atoms with Gasteiger partial charge in [-0.2, -0.15) is 0 Å². The molecule has 1 heterocycles. The summed E-state index contributed by atoms with van der Waals surface area (Å²) in [4.78, 5) is 3.84. The molecular weight excluding hydrogens is 258 g/mol. The summed E-state index contributed by atoms with van der Waals surface area (Å²) in [5.41, 5.74) is 1.13. The molecule has 58 valence electrons. The van der Waals surface area contributed by atoms with Crippen LogP contribution in [0.25, 0.3) is 0 Å². The van der Waals surface area contributed by atoms with Gasteiger partial charge in [-0.1, -0.05) is 17.7 Å². The van der Waals surface area contributed by atoms with Gasteiger partial charge in [0.05, 0.1) is 0 Å². The van der Waals surface area contributed by atoms with Crippen molar-refractivity contribution in [3.05, 3.63) is 29.0 Å². The van der Waals surface area contributed by atoms with Crippen molar-refractivity contribution in [2.45, 2.75) is 6.92 Å². The molecule has 0 amide bonds. The predicted molar refractivity (Wildman–Crippen MR) is 45.7 cm³/mol. The molecule has 0 aliphatic heterocycles. The molecule has 0 saturated carbocycles. The molecule has 0 spiro atoms. The van der Waals surface area contributed by atoms with Gasteiger partial charge in [0.15, 0.2) is 0 Å². The second-order valence-electron chi connectivity index (χ2n) is 1.76. The number of hydrogen-bond donors (Lipinski definition) is 0. The Kier molecular flexibility index (Phi) is 7.73. The van der Waals surface area contributed by atoms with Crippen molar-refractivity contribution in [1.29, 1.82) is 0 Å². The van der Waals surface area contributed by atoms with Crippen molar-refractivity contribution in [3.63, 3.8) is 0 Å². The Morgan fingerprint density at radius 3 is 2.18 bits per heavy atom. The van der Waals surface area contributed by atoms with E-state index in [2.05, 4.69) is 4.98 Å². The fourth-order valence-electron chi connectivity index (χ4n) is 0.450. The van der Waals surface area contributed by atoms with E-state index >= 15 is 0 Å². The molecule has 1 nitrogen and oxygen atoms in total. The number of hydrogen-bond acceptors (Lipinski definition) is 1. The van der Waals surface area contributed by atoms with Crippen molar-refractivity contribution in [2.75, 3.05) is 0 Å². The number of rotatable bonds is 0. The Morgan fingerprint density at radius 1 is 1.36 bits per heavy atom. The van der Waals surface area contributed by atoms with Gasteiger partial charge in [0.25, 0.3) is 0 Å². The first kappa shape index (κ1) is 11.6. The van der Waals surface area contributed by atoms with Crippen LogP contribution in [0.4, 0.5) is 0 Å². The van der Waals surface area contributed by atoms with E-state index in [9.17, 15) is 0 Å². The van der Waals surface area contributed by atoms with Crippen LogP contribution in [0, 0.1) is 6.92 Å². The quantitative estimate of drug-likeness (QED) is 0.516. The maximum absolute atomic E-state index is 5.50. The van der Waals surface area contributed by atoms with E-state index in [-0.39, 0.29) is 0 Å². The average Bonchev–Trinajstić information content (AvgIpc) is 1.97. The van der Waals surface area contributed by atoms with Gasteiger partial charge in [0, 0.05) is 6.20 Å². The van der Waals surface area contributed by atoms with Crippen LogP contribution in [0.5, 0.6) is 0 Å². The molecule has 1 rings (SSSR count). The van der Waals surface area contributed by atoms with Gasteiger partial charge in [-0.25, -0.2) is 4.98 Å². The van der Waals surface area contributed by atoms with E-state index in [1.807, 2.05) is 13.0 Å². The van der Waals surface area contributed by atoms with Crippen LogP contribution >= 0.6 is 31.0 Å². The number of halogens is 3. The second kappa shape index (κ2) is 7.30. The summed E-state index contributed by atoms with van der Waals surface area (Å²) in [7, 11) is 9.90. The first-order valence-corrected chi connectivity index (χ1v) is 11.1. The first-order chi connectivity index (χ1) is 5.20. The van der Waals surface area contributed by atoms with Crippen LogP contribution in [0.1, 0.15) is 5.56 Å². The van der Waals surface area contributed by atoms with Gasteiger partial charge in [0.2, 0.25) is 0 Å². The number of aromatic nitrogens is 1. The molecule has 0 N–H and O–H groups in total. The SMILES string of the molecule is Cc1ccc(Cl)nc1.[Cl][Zn][Cl]. The maximum atomic E-state index is 5.50. The van der Waals surface area contributed by atoms with Crippen molar-refractivity contribution in [1.82, 2.24) is 4.98 Å². The van der Waals surface area contributed by atoms with E-state index in [0.29, 0.717) is 5.15 Å². The third kappa shape index (κ3) is 7.02. The Bertz CT molecular complexity index is 169. The molecule has 0 saturated heterocycles. The zero-order chi connectivity index (χ0) is 8.69. The van der Waals surface area contributed by atoms with Gasteiger partial charge in [-0.15, -0.1) is 0 Å². The molecule has 1 aromatic rings. The molecule has 0 aliphatic carbocycles. The van der Waals surface area contributed by atoms with Crippen LogP contribution < -0.4 is 0 Å². The topological polar surface area (TPSA) is 12.9 Å². The minimum atomic E-state index is -0.931. The van der Waals surface area contributed by atoms with Crippen molar-refractivity contribution >= 4 is 31.0 Å². The number of nitrogens with zero attached hydrogens (tertiary/aromatic N) is 1. The summed E-state index contributed by atoms with van der Waals surface area (Å²) in [5.74, 6) is 0. The van der Waals surface area contributed by atoms with Crippen molar-refractivity contribution in [3.8, 4) is 0 Å². The molecule has 0 unspecified atom stereocenters. The summed E-state index contributed by atoms with van der Waals surface area (Å²) < 4.78 is 0. The van der Waals surface area contributed by atoms with Crippen LogP contribution in [-0.4, -0.2) is 4.98 Å². The Hall–Kier alpha value is 0.643. The van der Waals surface area contributed by atoms with Gasteiger partial charge >= 0.3 is 34.5 Å². The van der Waals surface area contributed by atoms with Crippen LogP contribution in [0.2, 0.25) is 5.15 Å². The van der Waals surface area contributed by atoms with Crippen LogP contribution in [0.3, 0.4) is 0 Å². The standard InChI is InChI=1S/C6H6ClN.2ClH.Zn/c1-5-2-3-6(7)8-4-5;;;/h2-4H,1H3;2*1H;/q;;;+2/p-2. The zero-order valence-electron chi connectivity index (χ0n) is 6.02. The van der Waals surface area contributed by atoms with Gasteiger partial charge in [-0.3, -0.25) is 0 Å². The molecule has 0 atom stereocenters. The summed E-state index contributed by atoms with van der Waals surface area (Å²) >= 11 is 4.57. The molecule has 0 fully saturated rings. The third-order valence-electron chi connectivity index (χ3n) is 0.875. The summed E-state index contributed by atoms with van der Waals surface area (Å²) in [5, 5.41) is 0.551. The molecule has 5 heteroatoms. The van der Waals surface area contributed by atoms with E-state index in [1.165, 1.54) is 0 Å². The first-order valence-electron chi connectivity index (χ1n) is 2.90. The summed E-state index contributed by atoms with van der Waals surface area (Å²) in [6.07, 6.45) is 1.74. The fraction of sp³-hybridized carbons (Fsp3) is 0.167. The number of pyridine rings is 1. The molecule has 0 aliphatic rings. The number of aryl methyl sites for hydroxylation is 1. The molecular formula is C6H6Cl3NZn. The Balaban J connectivity index is 0.000000292. The Morgan fingerprint density at radius 2 is 1.91 bits per heavy atom. The summed E-state index contributed by atoms with van der Waals surface area (Å²) in [6, 6.07) is 3.70. The molecule has 0 radical (unpaired) electrons. The molecule has 11 heavy (non-hydrogen) atoms. The Labute approximate surface area is 86.7 Å². The fourth-order valence-corrected chi connectivity index (χ4v) is 0.562. The van der Waals surface area contributed by atoms with Gasteiger partial charge in [0.1, 0.15) is 5.15 Å². The van der Waals surface area contributed by atoms with E-state index in [1.54, 1.807) is 12.3 Å². The van der Waals surface area contributed by atoms with E-state index < -0.39 is 15.1 Å². The zero-order valence-corrected chi connectivity index (χ0v) is 11.3. The summed E-state index contributed by atoms with van der Waals surface area (Å²) in [6.45, 7) is 1.98. The molecule has 1 aromatic heterocycles. The second-order valence-corrected chi connectivity index (χ2v) is 6.77. The normalized spacial score (nSPS) is 7.64. The molecule has 0 aromatic carbocycles. The van der Waals surface area contributed by atoms with Crippen LogP contribution in [-0.2, 0) is 15.1 Å². The van der Waals surface area contributed by atoms with Crippen molar-refractivity contribution in [2.24, 2.45) is 0 Å². The monoisotopic (exact) mass is 261 g/mol. The minimum absolute atomic E-state index is 0.551. The predicted octanol–water partition coefficient (Wildman–Crippen LogP) is 3.42. The van der Waals surface area contributed by atoms with Gasteiger partial charge < -0.3 is 0 Å². The molecule has 0 bridgehead atoms. The third-order valence-corrected chi connectivity index (χ3v) is 1.10. The van der Waals surface area contributed by atoms with E-state index in [0.717, 1.165) is 5.56 Å². The van der Waals surface area contributed by atoms with Crippen molar-refractivity contribution < 1.29 is 15.1 Å². The average molecular weight is 264 g/mol. The van der Waals surface area contributed by atoms with E-state index in [4.69, 9.17) is 31.0 Å². The van der Waals surface area contributed by atoms with Crippen LogP contribution in [0.15, 0.2) is 18.3 Å². The van der Waals surface area contributed by atoms with Gasteiger partial charge in [-0.05, 0) is 18.6 Å².